The number of allylic oxidation sites excluding steroid dienone is 2. The molecule has 0 saturated heterocycles. The van der Waals surface area contributed by atoms with Gasteiger partial charge in [0.15, 0.2) is 0 Å². The number of hydrogen-bond acceptors (Lipinski definition) is 1. The summed E-state index contributed by atoms with van der Waals surface area (Å²) >= 11 is 0. The van der Waals surface area contributed by atoms with Gasteiger partial charge in [-0.1, -0.05) is 17.2 Å². The first kappa shape index (κ1) is 10.6. The van der Waals surface area contributed by atoms with Gasteiger partial charge in [0, 0.05) is 24.6 Å². The molecule has 0 fully saturated rings. The molecule has 1 aromatic carbocycles. The first-order chi connectivity index (χ1) is 8.20. The second kappa shape index (κ2) is 3.74. The van der Waals surface area contributed by atoms with E-state index in [0.29, 0.717) is 0 Å². The first-order valence-electron chi connectivity index (χ1n) is 6.15. The van der Waals surface area contributed by atoms with Crippen LogP contribution in [0.4, 0.5) is 0 Å². The molecule has 2 heteroatoms. The zero-order valence-electron chi connectivity index (χ0n) is 10.6. The Balaban J connectivity index is 0.00000120. The van der Waals surface area contributed by atoms with Crippen LogP contribution in [0.25, 0.3) is 16.5 Å². The summed E-state index contributed by atoms with van der Waals surface area (Å²) < 4.78 is 0. The fraction of sp³-hybridized carbons (Fsp3) is 0.333. The van der Waals surface area contributed by atoms with Crippen molar-refractivity contribution in [3.05, 3.63) is 40.6 Å². The van der Waals surface area contributed by atoms with E-state index in [-0.39, 0.29) is 1.43 Å². The van der Waals surface area contributed by atoms with Crippen molar-refractivity contribution >= 4 is 16.5 Å². The Morgan fingerprint density at radius 2 is 2.12 bits per heavy atom. The lowest BCUT2D eigenvalue weighted by Crippen LogP contribution is -2.05. The van der Waals surface area contributed by atoms with Crippen molar-refractivity contribution < 1.29 is 1.43 Å². The Morgan fingerprint density at radius 1 is 1.35 bits per heavy atom. The standard InChI is InChI=1S/C15H18N2.H2/c1-9-4-5-14-12(6-9)13(8-16-3)15(17-14)11-7-10(11)2;/h4-6,16-17H,7-8H2,1-3H3;1H. The third-order valence-electron chi connectivity index (χ3n) is 3.55. The van der Waals surface area contributed by atoms with Gasteiger partial charge in [-0.25, -0.2) is 0 Å². The van der Waals surface area contributed by atoms with Gasteiger partial charge in [-0.05, 0) is 50.6 Å². The minimum atomic E-state index is 0. The number of benzene rings is 1. The zero-order chi connectivity index (χ0) is 12.0. The van der Waals surface area contributed by atoms with Crippen molar-refractivity contribution in [2.75, 3.05) is 7.05 Å². The Labute approximate surface area is 103 Å². The molecule has 1 aromatic heterocycles. The Bertz CT molecular complexity index is 623. The number of aromatic amines is 1. The number of aromatic nitrogens is 1. The lowest BCUT2D eigenvalue weighted by Gasteiger charge is -2.01. The summed E-state index contributed by atoms with van der Waals surface area (Å²) in [6.45, 7) is 5.29. The molecule has 1 aliphatic carbocycles. The van der Waals surface area contributed by atoms with E-state index in [2.05, 4.69) is 42.3 Å². The maximum Gasteiger partial charge on any atom is 0.0472 e. The number of nitrogens with one attached hydrogen (secondary N) is 2. The van der Waals surface area contributed by atoms with Crippen LogP contribution in [0.15, 0.2) is 23.8 Å². The summed E-state index contributed by atoms with van der Waals surface area (Å²) in [5.41, 5.74) is 8.36. The topological polar surface area (TPSA) is 27.8 Å². The van der Waals surface area contributed by atoms with Crippen molar-refractivity contribution in [2.45, 2.75) is 26.8 Å². The van der Waals surface area contributed by atoms with E-state index in [1.807, 2.05) is 7.05 Å². The number of rotatable bonds is 3. The molecule has 0 saturated carbocycles. The highest BCUT2D eigenvalue weighted by Crippen LogP contribution is 2.42. The predicted molar refractivity (Wildman–Crippen MR) is 75.1 cm³/mol. The lowest BCUT2D eigenvalue weighted by atomic mass is 10.1. The SMILES string of the molecule is CNCc1c(C2=C(C)C2)[nH]c2ccc(C)cc12.[HH]. The molecular formula is C15H20N2. The third kappa shape index (κ3) is 1.69. The maximum atomic E-state index is 3.57. The van der Waals surface area contributed by atoms with Crippen molar-refractivity contribution in [2.24, 2.45) is 0 Å². The van der Waals surface area contributed by atoms with Gasteiger partial charge in [0.05, 0.1) is 0 Å². The predicted octanol–water partition coefficient (Wildman–Crippen LogP) is 3.62. The van der Waals surface area contributed by atoms with Gasteiger partial charge in [-0.3, -0.25) is 0 Å². The van der Waals surface area contributed by atoms with Crippen LogP contribution in [0, 0.1) is 6.92 Å². The molecule has 0 radical (unpaired) electrons. The van der Waals surface area contributed by atoms with E-state index in [4.69, 9.17) is 0 Å². The van der Waals surface area contributed by atoms with Crippen LogP contribution < -0.4 is 5.32 Å². The number of H-pyrrole nitrogens is 1. The molecule has 0 amide bonds. The summed E-state index contributed by atoms with van der Waals surface area (Å²) in [6.07, 6.45) is 1.17. The largest absolute Gasteiger partial charge is 0.355 e. The third-order valence-corrected chi connectivity index (χ3v) is 3.55. The molecule has 2 N–H and O–H groups in total. The lowest BCUT2D eigenvalue weighted by molar-refractivity contribution is 0.821. The number of aryl methyl sites for hydroxylation is 1. The molecule has 90 valence electrons. The van der Waals surface area contributed by atoms with Crippen molar-refractivity contribution in [3.63, 3.8) is 0 Å². The van der Waals surface area contributed by atoms with E-state index >= 15 is 0 Å². The summed E-state index contributed by atoms with van der Waals surface area (Å²) in [7, 11) is 2.01. The van der Waals surface area contributed by atoms with Gasteiger partial charge in [0.25, 0.3) is 0 Å². The molecule has 1 heterocycles. The second-order valence-corrected chi connectivity index (χ2v) is 4.99. The van der Waals surface area contributed by atoms with Crippen molar-refractivity contribution in [1.82, 2.24) is 10.3 Å². The van der Waals surface area contributed by atoms with Gasteiger partial charge in [0.2, 0.25) is 0 Å². The fourth-order valence-electron chi connectivity index (χ4n) is 2.50. The molecule has 3 rings (SSSR count). The Morgan fingerprint density at radius 3 is 2.76 bits per heavy atom. The van der Waals surface area contributed by atoms with E-state index in [9.17, 15) is 0 Å². The smallest absolute Gasteiger partial charge is 0.0472 e. The molecule has 0 spiro atoms. The van der Waals surface area contributed by atoms with Gasteiger partial charge in [-0.2, -0.15) is 0 Å². The molecule has 2 aromatic rings. The van der Waals surface area contributed by atoms with Gasteiger partial charge >= 0.3 is 0 Å². The monoisotopic (exact) mass is 228 g/mol. The molecule has 2 nitrogen and oxygen atoms in total. The average Bonchev–Trinajstić information content (AvgIpc) is 2.92. The highest BCUT2D eigenvalue weighted by Gasteiger charge is 2.24. The van der Waals surface area contributed by atoms with Gasteiger partial charge in [0.1, 0.15) is 0 Å². The summed E-state index contributed by atoms with van der Waals surface area (Å²) in [5.74, 6) is 0. The van der Waals surface area contributed by atoms with Crippen LogP contribution in [0.1, 0.15) is 31.6 Å². The number of fused-ring (bicyclic) bond motifs is 1. The zero-order valence-corrected chi connectivity index (χ0v) is 10.6. The quantitative estimate of drug-likeness (QED) is 0.825. The average molecular weight is 228 g/mol. The molecule has 0 bridgehead atoms. The summed E-state index contributed by atoms with van der Waals surface area (Å²) in [4.78, 5) is 3.57. The van der Waals surface area contributed by atoms with Crippen LogP contribution in [-0.2, 0) is 6.54 Å². The van der Waals surface area contributed by atoms with E-state index in [0.717, 1.165) is 6.54 Å². The van der Waals surface area contributed by atoms with Crippen LogP contribution in [0.2, 0.25) is 0 Å². The second-order valence-electron chi connectivity index (χ2n) is 4.99. The van der Waals surface area contributed by atoms with Gasteiger partial charge < -0.3 is 10.3 Å². The highest BCUT2D eigenvalue weighted by molar-refractivity contribution is 5.93. The Kier molecular flexibility index (Phi) is 2.33. The minimum Gasteiger partial charge on any atom is -0.355 e. The maximum absolute atomic E-state index is 3.57. The molecule has 1 aliphatic rings. The van der Waals surface area contributed by atoms with E-state index < -0.39 is 0 Å². The van der Waals surface area contributed by atoms with Crippen molar-refractivity contribution in [1.29, 1.82) is 0 Å². The van der Waals surface area contributed by atoms with Crippen LogP contribution >= 0.6 is 0 Å². The normalized spacial score (nSPS) is 14.8. The van der Waals surface area contributed by atoms with Crippen LogP contribution in [0.3, 0.4) is 0 Å². The fourth-order valence-corrected chi connectivity index (χ4v) is 2.50. The van der Waals surface area contributed by atoms with Crippen LogP contribution in [0.5, 0.6) is 0 Å². The summed E-state index contributed by atoms with van der Waals surface area (Å²) in [6, 6.07) is 6.63. The molecule has 17 heavy (non-hydrogen) atoms. The Hall–Kier alpha value is -1.54. The highest BCUT2D eigenvalue weighted by atomic mass is 14.8. The van der Waals surface area contributed by atoms with Crippen LogP contribution in [-0.4, -0.2) is 12.0 Å². The first-order valence-corrected chi connectivity index (χ1v) is 6.15. The molecule has 0 aliphatic heterocycles. The number of hydrogen-bond donors (Lipinski definition) is 2. The molecular weight excluding hydrogens is 208 g/mol. The summed E-state index contributed by atoms with van der Waals surface area (Å²) in [5, 5.41) is 4.64. The minimum absolute atomic E-state index is 0. The molecule has 0 unspecified atom stereocenters. The van der Waals surface area contributed by atoms with E-state index in [1.54, 1.807) is 0 Å². The van der Waals surface area contributed by atoms with Crippen molar-refractivity contribution in [3.8, 4) is 0 Å². The van der Waals surface area contributed by atoms with Gasteiger partial charge in [-0.15, -0.1) is 0 Å². The molecule has 0 atom stereocenters. The van der Waals surface area contributed by atoms with E-state index in [1.165, 1.54) is 45.3 Å².